The van der Waals surface area contributed by atoms with Gasteiger partial charge in [-0.1, -0.05) is 18.6 Å². The standard InChI is InChI=1S/C14H20O3/c1-9-5-4-6-14(2)11(9)7-10(8-12(14)15)13(16)17-3/h5,10-11H,4,6-8H2,1-3H3/t10-,11-,14+/m0/s1. The summed E-state index contributed by atoms with van der Waals surface area (Å²) in [5, 5.41) is 0. The van der Waals surface area contributed by atoms with Crippen LogP contribution in [0.3, 0.4) is 0 Å². The molecule has 3 heteroatoms. The average molecular weight is 236 g/mol. The van der Waals surface area contributed by atoms with Crippen LogP contribution in [0.5, 0.6) is 0 Å². The van der Waals surface area contributed by atoms with Crippen molar-refractivity contribution in [3.63, 3.8) is 0 Å². The molecule has 2 aliphatic rings. The molecule has 0 radical (unpaired) electrons. The summed E-state index contributed by atoms with van der Waals surface area (Å²) in [6.07, 6.45) is 5.22. The Kier molecular flexibility index (Phi) is 3.11. The normalized spacial score (nSPS) is 37.1. The fraction of sp³-hybridized carbons (Fsp3) is 0.714. The van der Waals surface area contributed by atoms with Gasteiger partial charge in [-0.25, -0.2) is 0 Å². The highest BCUT2D eigenvalue weighted by Gasteiger charge is 2.49. The molecule has 0 bridgehead atoms. The van der Waals surface area contributed by atoms with Crippen LogP contribution in [-0.4, -0.2) is 18.9 Å². The lowest BCUT2D eigenvalue weighted by molar-refractivity contribution is -0.153. The maximum atomic E-state index is 12.3. The molecule has 3 atom stereocenters. The van der Waals surface area contributed by atoms with Crippen molar-refractivity contribution < 1.29 is 14.3 Å². The van der Waals surface area contributed by atoms with Crippen molar-refractivity contribution in [2.45, 2.75) is 39.5 Å². The van der Waals surface area contributed by atoms with Crippen molar-refractivity contribution in [3.8, 4) is 0 Å². The molecule has 0 unspecified atom stereocenters. The number of esters is 1. The van der Waals surface area contributed by atoms with Gasteiger partial charge >= 0.3 is 5.97 Å². The molecular formula is C14H20O3. The fourth-order valence-corrected chi connectivity index (χ4v) is 3.37. The quantitative estimate of drug-likeness (QED) is 0.519. The lowest BCUT2D eigenvalue weighted by Crippen LogP contribution is -2.46. The first-order valence-corrected chi connectivity index (χ1v) is 6.27. The number of Topliss-reactive ketones (excluding diaryl/α,β-unsaturated/α-hetero) is 1. The Morgan fingerprint density at radius 1 is 1.53 bits per heavy atom. The predicted molar refractivity (Wildman–Crippen MR) is 64.3 cm³/mol. The lowest BCUT2D eigenvalue weighted by Gasteiger charge is -2.45. The van der Waals surface area contributed by atoms with Crippen LogP contribution in [0.4, 0.5) is 0 Å². The Labute approximate surface area is 102 Å². The molecule has 0 aliphatic heterocycles. The molecular weight excluding hydrogens is 216 g/mol. The van der Waals surface area contributed by atoms with E-state index in [1.807, 2.05) is 0 Å². The third-order valence-corrected chi connectivity index (χ3v) is 4.57. The molecule has 0 heterocycles. The van der Waals surface area contributed by atoms with Gasteiger partial charge in [0.05, 0.1) is 13.0 Å². The molecule has 1 saturated carbocycles. The summed E-state index contributed by atoms with van der Waals surface area (Å²) in [6.45, 7) is 4.14. The van der Waals surface area contributed by atoms with Gasteiger partial charge in [0.15, 0.2) is 0 Å². The zero-order valence-electron chi connectivity index (χ0n) is 10.8. The summed E-state index contributed by atoms with van der Waals surface area (Å²) in [6, 6.07) is 0. The SMILES string of the molecule is COC(=O)[C@@H]1CC(=O)[C@]2(C)CCC=C(C)[C@@H]2C1. The van der Waals surface area contributed by atoms with Crippen molar-refractivity contribution in [1.29, 1.82) is 0 Å². The second kappa shape index (κ2) is 4.28. The highest BCUT2D eigenvalue weighted by atomic mass is 16.5. The number of allylic oxidation sites excluding steroid dienone is 2. The first-order chi connectivity index (χ1) is 7.99. The molecule has 0 amide bonds. The van der Waals surface area contributed by atoms with E-state index < -0.39 is 0 Å². The molecule has 2 aliphatic carbocycles. The van der Waals surface area contributed by atoms with E-state index in [2.05, 4.69) is 19.9 Å². The summed E-state index contributed by atoms with van der Waals surface area (Å²) in [4.78, 5) is 23.9. The van der Waals surface area contributed by atoms with E-state index in [0.717, 1.165) is 19.3 Å². The van der Waals surface area contributed by atoms with Crippen LogP contribution in [0.2, 0.25) is 0 Å². The van der Waals surface area contributed by atoms with Crippen molar-refractivity contribution in [2.75, 3.05) is 7.11 Å². The van der Waals surface area contributed by atoms with E-state index in [1.165, 1.54) is 12.7 Å². The van der Waals surface area contributed by atoms with Crippen molar-refractivity contribution >= 4 is 11.8 Å². The van der Waals surface area contributed by atoms with Crippen LogP contribution < -0.4 is 0 Å². The van der Waals surface area contributed by atoms with Gasteiger partial charge in [0.2, 0.25) is 0 Å². The van der Waals surface area contributed by atoms with E-state index in [-0.39, 0.29) is 29.0 Å². The Bertz CT molecular complexity index is 383. The largest absolute Gasteiger partial charge is 0.469 e. The molecule has 0 aromatic heterocycles. The molecule has 0 aromatic rings. The highest BCUT2D eigenvalue weighted by molar-refractivity contribution is 5.90. The minimum absolute atomic E-state index is 0.224. The monoisotopic (exact) mass is 236 g/mol. The first-order valence-electron chi connectivity index (χ1n) is 6.27. The Morgan fingerprint density at radius 2 is 2.24 bits per heavy atom. The van der Waals surface area contributed by atoms with Gasteiger partial charge in [-0.2, -0.15) is 0 Å². The summed E-state index contributed by atoms with van der Waals surface area (Å²) >= 11 is 0. The number of carbonyl (C=O) groups is 2. The van der Waals surface area contributed by atoms with Crippen LogP contribution in [-0.2, 0) is 14.3 Å². The summed E-state index contributed by atoms with van der Waals surface area (Å²) in [5.41, 5.74) is 1.02. The molecule has 0 spiro atoms. The van der Waals surface area contributed by atoms with Gasteiger partial charge < -0.3 is 4.74 Å². The van der Waals surface area contributed by atoms with Crippen LogP contribution in [0.15, 0.2) is 11.6 Å². The topological polar surface area (TPSA) is 43.4 Å². The van der Waals surface area contributed by atoms with Gasteiger partial charge in [-0.05, 0) is 32.1 Å². The van der Waals surface area contributed by atoms with Crippen molar-refractivity contribution in [3.05, 3.63) is 11.6 Å². The van der Waals surface area contributed by atoms with E-state index in [9.17, 15) is 9.59 Å². The van der Waals surface area contributed by atoms with Crippen molar-refractivity contribution in [1.82, 2.24) is 0 Å². The van der Waals surface area contributed by atoms with E-state index in [1.54, 1.807) is 0 Å². The molecule has 3 nitrogen and oxygen atoms in total. The maximum absolute atomic E-state index is 12.3. The predicted octanol–water partition coefficient (Wildman–Crippen LogP) is 2.50. The highest BCUT2D eigenvalue weighted by Crippen LogP contribution is 2.50. The van der Waals surface area contributed by atoms with Gasteiger partial charge in [0.25, 0.3) is 0 Å². The van der Waals surface area contributed by atoms with Crippen LogP contribution >= 0.6 is 0 Å². The Balaban J connectivity index is 2.27. The van der Waals surface area contributed by atoms with Gasteiger partial charge in [0, 0.05) is 11.8 Å². The molecule has 0 aromatic carbocycles. The first kappa shape index (κ1) is 12.3. The third-order valence-electron chi connectivity index (χ3n) is 4.57. The average Bonchev–Trinajstić information content (AvgIpc) is 2.30. The van der Waals surface area contributed by atoms with E-state index >= 15 is 0 Å². The van der Waals surface area contributed by atoms with Crippen molar-refractivity contribution in [2.24, 2.45) is 17.3 Å². The van der Waals surface area contributed by atoms with Gasteiger partial charge in [0.1, 0.15) is 5.78 Å². The number of ether oxygens (including phenoxy) is 1. The number of rotatable bonds is 1. The molecule has 0 N–H and O–H groups in total. The van der Waals surface area contributed by atoms with Gasteiger partial charge in [-0.3, -0.25) is 9.59 Å². The van der Waals surface area contributed by atoms with Crippen LogP contribution in [0.1, 0.15) is 39.5 Å². The van der Waals surface area contributed by atoms with Crippen LogP contribution in [0.25, 0.3) is 0 Å². The number of ketones is 1. The maximum Gasteiger partial charge on any atom is 0.309 e. The number of methoxy groups -OCH3 is 1. The summed E-state index contributed by atoms with van der Waals surface area (Å²) < 4.78 is 4.78. The Hall–Kier alpha value is -1.12. The zero-order valence-corrected chi connectivity index (χ0v) is 10.8. The zero-order chi connectivity index (χ0) is 12.6. The minimum atomic E-state index is -0.247. The summed E-state index contributed by atoms with van der Waals surface area (Å²) in [5.74, 6) is -0.0241. The second-order valence-corrected chi connectivity index (χ2v) is 5.54. The molecule has 1 fully saturated rings. The molecule has 2 rings (SSSR count). The summed E-state index contributed by atoms with van der Waals surface area (Å²) in [7, 11) is 1.39. The number of fused-ring (bicyclic) bond motifs is 1. The minimum Gasteiger partial charge on any atom is -0.469 e. The smallest absolute Gasteiger partial charge is 0.309 e. The third kappa shape index (κ3) is 1.92. The molecule has 0 saturated heterocycles. The lowest BCUT2D eigenvalue weighted by atomic mass is 9.57. The van der Waals surface area contributed by atoms with Crippen LogP contribution in [0, 0.1) is 17.3 Å². The molecule has 17 heavy (non-hydrogen) atoms. The number of hydrogen-bond acceptors (Lipinski definition) is 3. The number of hydrogen-bond donors (Lipinski definition) is 0. The molecule has 94 valence electrons. The van der Waals surface area contributed by atoms with E-state index in [0.29, 0.717) is 6.42 Å². The second-order valence-electron chi connectivity index (χ2n) is 5.54. The van der Waals surface area contributed by atoms with E-state index in [4.69, 9.17) is 4.74 Å². The van der Waals surface area contributed by atoms with Gasteiger partial charge in [-0.15, -0.1) is 0 Å². The fourth-order valence-electron chi connectivity index (χ4n) is 3.37. The number of carbonyl (C=O) groups excluding carboxylic acids is 2. The Morgan fingerprint density at radius 3 is 2.88 bits per heavy atom.